The molecule has 0 aliphatic carbocycles. The molecule has 1 heterocycles. The van der Waals surface area contributed by atoms with Crippen LogP contribution in [0, 0.1) is 5.92 Å². The number of rotatable bonds is 9. The van der Waals surface area contributed by atoms with Gasteiger partial charge >= 0.3 is 0 Å². The number of hydrogen-bond acceptors (Lipinski definition) is 5. The van der Waals surface area contributed by atoms with Crippen LogP contribution >= 0.6 is 0 Å². The van der Waals surface area contributed by atoms with Crippen molar-refractivity contribution in [2.45, 2.75) is 30.1 Å². The summed E-state index contributed by atoms with van der Waals surface area (Å²) in [5, 5.41) is 0. The maximum Gasteiger partial charge on any atom is 0.240 e. The van der Waals surface area contributed by atoms with Gasteiger partial charge in [-0.15, -0.1) is 0 Å². The first-order valence-corrected chi connectivity index (χ1v) is 10.4. The Morgan fingerprint density at radius 2 is 1.88 bits per heavy atom. The van der Waals surface area contributed by atoms with Crippen LogP contribution in [0.3, 0.4) is 0 Å². The quantitative estimate of drug-likeness (QED) is 0.660. The second-order valence-corrected chi connectivity index (χ2v) is 8.78. The summed E-state index contributed by atoms with van der Waals surface area (Å²) in [5.41, 5.74) is 6.36. The molecule has 1 fully saturated rings. The Bertz CT molecular complexity index is 683. The van der Waals surface area contributed by atoms with Crippen molar-refractivity contribution in [1.82, 2.24) is 9.62 Å². The van der Waals surface area contributed by atoms with Crippen LogP contribution in [0.4, 0.5) is 0 Å². The van der Waals surface area contributed by atoms with E-state index in [4.69, 9.17) is 10.5 Å². The third kappa shape index (κ3) is 6.05. The molecule has 0 aromatic heterocycles. The van der Waals surface area contributed by atoms with E-state index in [1.54, 1.807) is 12.1 Å². The minimum Gasteiger partial charge on any atom is -0.381 e. The Labute approximate surface area is 155 Å². The fourth-order valence-corrected chi connectivity index (χ4v) is 4.12. The Morgan fingerprint density at radius 1 is 1.27 bits per heavy atom. The number of carbonyl (C=O) groups is 1. The summed E-state index contributed by atoms with van der Waals surface area (Å²) in [5.74, 6) is -0.384. The van der Waals surface area contributed by atoms with Crippen LogP contribution in [0.5, 0.6) is 0 Å². The average Bonchev–Trinajstić information content (AvgIpc) is 2.60. The van der Waals surface area contributed by atoms with E-state index < -0.39 is 15.9 Å². The molecule has 1 saturated heterocycles. The van der Waals surface area contributed by atoms with Crippen LogP contribution in [0.25, 0.3) is 0 Å². The summed E-state index contributed by atoms with van der Waals surface area (Å²) in [7, 11) is 0.206. The van der Waals surface area contributed by atoms with Crippen molar-refractivity contribution in [1.29, 1.82) is 0 Å². The summed E-state index contributed by atoms with van der Waals surface area (Å²) < 4.78 is 32.5. The number of carbonyl (C=O) groups excluding carboxylic acids is 1. The van der Waals surface area contributed by atoms with Gasteiger partial charge in [0.05, 0.1) is 10.8 Å². The van der Waals surface area contributed by atoms with Gasteiger partial charge in [0, 0.05) is 26.3 Å². The molecule has 1 aliphatic heterocycles. The van der Waals surface area contributed by atoms with Crippen LogP contribution in [0.15, 0.2) is 29.2 Å². The number of nitrogens with one attached hydrogen (secondary N) is 1. The molecule has 1 unspecified atom stereocenters. The Balaban J connectivity index is 2.06. The highest BCUT2D eigenvalue weighted by atomic mass is 32.2. The molecule has 1 atom stereocenters. The molecule has 26 heavy (non-hydrogen) atoms. The van der Waals surface area contributed by atoms with Gasteiger partial charge in [-0.25, -0.2) is 13.1 Å². The van der Waals surface area contributed by atoms with E-state index in [1.807, 2.05) is 19.0 Å². The lowest BCUT2D eigenvalue weighted by molar-refractivity contribution is -0.120. The molecule has 0 bridgehead atoms. The molecule has 8 heteroatoms. The topological polar surface area (TPSA) is 102 Å². The number of likely N-dealkylation sites (N-methyl/N-ethyl adjacent to an activating group) is 1. The normalized spacial score (nSPS) is 17.3. The first-order chi connectivity index (χ1) is 12.3. The summed E-state index contributed by atoms with van der Waals surface area (Å²) in [6, 6.07) is 6.45. The maximum absolute atomic E-state index is 12.3. The second-order valence-electron chi connectivity index (χ2n) is 7.02. The summed E-state index contributed by atoms with van der Waals surface area (Å²) in [6.45, 7) is 2.38. The number of benzene rings is 1. The summed E-state index contributed by atoms with van der Waals surface area (Å²) >= 11 is 0. The van der Waals surface area contributed by atoms with Gasteiger partial charge in [-0.2, -0.15) is 0 Å². The molecule has 2 rings (SSSR count). The first-order valence-electron chi connectivity index (χ1n) is 8.91. The minimum absolute atomic E-state index is 0.189. The Kier molecular flexibility index (Phi) is 7.57. The van der Waals surface area contributed by atoms with Crippen molar-refractivity contribution >= 4 is 15.9 Å². The van der Waals surface area contributed by atoms with Crippen molar-refractivity contribution in [3.63, 3.8) is 0 Å². The molecular formula is C18H29N3O4S. The lowest BCUT2D eigenvalue weighted by Gasteiger charge is -2.25. The molecule has 1 aliphatic rings. The number of primary amides is 1. The predicted molar refractivity (Wildman–Crippen MR) is 100 cm³/mol. The molecule has 0 radical (unpaired) electrons. The van der Waals surface area contributed by atoms with E-state index in [2.05, 4.69) is 4.72 Å². The van der Waals surface area contributed by atoms with E-state index in [0.717, 1.165) is 18.4 Å². The zero-order chi connectivity index (χ0) is 19.2. The fourth-order valence-electron chi connectivity index (χ4n) is 3.10. The van der Waals surface area contributed by atoms with E-state index in [0.29, 0.717) is 38.6 Å². The van der Waals surface area contributed by atoms with E-state index in [1.165, 1.54) is 12.1 Å². The van der Waals surface area contributed by atoms with Crippen LogP contribution in [-0.2, 0) is 19.6 Å². The van der Waals surface area contributed by atoms with Crippen molar-refractivity contribution in [2.24, 2.45) is 11.7 Å². The molecule has 1 aromatic rings. The number of sulfonamides is 1. The molecule has 1 amide bonds. The minimum atomic E-state index is -3.56. The highest BCUT2D eigenvalue weighted by Crippen LogP contribution is 2.29. The van der Waals surface area contributed by atoms with Gasteiger partial charge in [-0.3, -0.25) is 4.79 Å². The number of hydrogen-bond donors (Lipinski definition) is 2. The molecule has 0 saturated carbocycles. The summed E-state index contributed by atoms with van der Waals surface area (Å²) in [4.78, 5) is 14.0. The van der Waals surface area contributed by atoms with Gasteiger partial charge in [0.2, 0.25) is 15.9 Å². The van der Waals surface area contributed by atoms with Crippen molar-refractivity contribution in [2.75, 3.05) is 40.4 Å². The number of ether oxygens (including phenoxy) is 1. The zero-order valence-electron chi connectivity index (χ0n) is 15.5. The average molecular weight is 384 g/mol. The van der Waals surface area contributed by atoms with Gasteiger partial charge in [-0.05, 0) is 57.0 Å². The van der Waals surface area contributed by atoms with Gasteiger partial charge in [0.25, 0.3) is 0 Å². The summed E-state index contributed by atoms with van der Waals surface area (Å²) in [6.07, 6.45) is 2.52. The van der Waals surface area contributed by atoms with E-state index in [9.17, 15) is 13.2 Å². The smallest absolute Gasteiger partial charge is 0.240 e. The van der Waals surface area contributed by atoms with Crippen LogP contribution < -0.4 is 10.5 Å². The van der Waals surface area contributed by atoms with Crippen LogP contribution in [-0.4, -0.2) is 59.6 Å². The fraction of sp³-hybridized carbons (Fsp3) is 0.611. The third-order valence-corrected chi connectivity index (χ3v) is 6.17. The molecule has 7 nitrogen and oxygen atoms in total. The number of amides is 1. The zero-order valence-corrected chi connectivity index (χ0v) is 16.3. The standard InChI is InChI=1S/C18H29N3O4S/c1-21(2)10-9-20-26(23,24)16-5-3-15(4-6-16)17(18(19)22)13-14-7-11-25-12-8-14/h3-6,14,17,20H,7-13H2,1-2H3,(H2,19,22). The highest BCUT2D eigenvalue weighted by Gasteiger charge is 2.25. The number of nitrogens with zero attached hydrogens (tertiary/aromatic N) is 1. The lowest BCUT2D eigenvalue weighted by Crippen LogP contribution is -2.31. The van der Waals surface area contributed by atoms with Crippen molar-refractivity contribution < 1.29 is 17.9 Å². The molecule has 146 valence electrons. The molecule has 3 N–H and O–H groups in total. The Hall–Kier alpha value is -1.48. The first kappa shape index (κ1) is 20.8. The van der Waals surface area contributed by atoms with Gasteiger partial charge in [-0.1, -0.05) is 12.1 Å². The van der Waals surface area contributed by atoms with Gasteiger partial charge in [0.15, 0.2) is 0 Å². The van der Waals surface area contributed by atoms with E-state index >= 15 is 0 Å². The predicted octanol–water partition coefficient (Wildman–Crippen LogP) is 0.912. The van der Waals surface area contributed by atoms with E-state index in [-0.39, 0.29) is 10.8 Å². The van der Waals surface area contributed by atoms with Gasteiger partial charge in [0.1, 0.15) is 0 Å². The highest BCUT2D eigenvalue weighted by molar-refractivity contribution is 7.89. The maximum atomic E-state index is 12.3. The monoisotopic (exact) mass is 383 g/mol. The van der Waals surface area contributed by atoms with Crippen LogP contribution in [0.2, 0.25) is 0 Å². The molecule has 1 aromatic carbocycles. The SMILES string of the molecule is CN(C)CCNS(=O)(=O)c1ccc(C(CC2CCOCC2)C(N)=O)cc1. The Morgan fingerprint density at radius 3 is 2.42 bits per heavy atom. The van der Waals surface area contributed by atoms with Gasteiger partial charge < -0.3 is 15.4 Å². The lowest BCUT2D eigenvalue weighted by atomic mass is 9.85. The van der Waals surface area contributed by atoms with Crippen molar-refractivity contribution in [3.05, 3.63) is 29.8 Å². The van der Waals surface area contributed by atoms with Crippen molar-refractivity contribution in [3.8, 4) is 0 Å². The second kappa shape index (κ2) is 9.45. The third-order valence-electron chi connectivity index (χ3n) is 4.70. The largest absolute Gasteiger partial charge is 0.381 e. The number of nitrogens with two attached hydrogens (primary N) is 1. The van der Waals surface area contributed by atoms with Crippen LogP contribution in [0.1, 0.15) is 30.7 Å². The molecular weight excluding hydrogens is 354 g/mol. The molecule has 0 spiro atoms.